The number of likely N-dealkylation sites (tertiary alicyclic amines) is 1. The summed E-state index contributed by atoms with van der Waals surface area (Å²) in [6, 6.07) is 9.63. The zero-order valence-corrected chi connectivity index (χ0v) is 22.3. The van der Waals surface area contributed by atoms with E-state index in [1.807, 2.05) is 24.3 Å². The second-order valence-corrected chi connectivity index (χ2v) is 10.5. The molecule has 0 saturated carbocycles. The number of carbonyl (C=O) groups is 2. The summed E-state index contributed by atoms with van der Waals surface area (Å²) in [4.78, 5) is 44.3. The van der Waals surface area contributed by atoms with E-state index in [9.17, 15) is 19.7 Å². The zero-order chi connectivity index (χ0) is 26.6. The number of carbonyl (C=O) groups excluding carboxylic acids is 2. The van der Waals surface area contributed by atoms with Crippen LogP contribution in [0.15, 0.2) is 53.3 Å². The molecule has 0 aliphatic carbocycles. The normalized spacial score (nSPS) is 19.7. The van der Waals surface area contributed by atoms with Crippen LogP contribution in [0.2, 0.25) is 0 Å². The number of hydrogen-bond acceptors (Lipinski definition) is 7. The highest BCUT2D eigenvalue weighted by Crippen LogP contribution is 2.35. The minimum Gasteiger partial charge on any atom is -0.379 e. The van der Waals surface area contributed by atoms with Gasteiger partial charge >= 0.3 is 0 Å². The lowest BCUT2D eigenvalue weighted by molar-refractivity contribution is -0.384. The van der Waals surface area contributed by atoms with E-state index < -0.39 is 17.0 Å². The van der Waals surface area contributed by atoms with Gasteiger partial charge in [-0.15, -0.1) is 0 Å². The molecule has 2 atom stereocenters. The van der Waals surface area contributed by atoms with Gasteiger partial charge in [-0.05, 0) is 37.1 Å². The standard InChI is InChI=1S/C27H28BrN5O5/c28-18-12-20(27(35)32-9-4-1-5-10-32)25(24(13-18)33(36)37)30-22-8-11-38-16-23(22)31-26(34)21-15-29-14-17-6-2-3-7-19(17)21/h2-3,6-7,12-15,22-23,30H,1,4-5,8-11,16H2,(H,31,34)/t22-,23+/m1/s1. The molecule has 2 saturated heterocycles. The first-order valence-electron chi connectivity index (χ1n) is 12.7. The van der Waals surface area contributed by atoms with Crippen molar-refractivity contribution in [2.45, 2.75) is 37.8 Å². The molecule has 2 aliphatic rings. The van der Waals surface area contributed by atoms with Gasteiger partial charge in [0.1, 0.15) is 5.69 Å². The monoisotopic (exact) mass is 581 g/mol. The number of nitrogens with zero attached hydrogens (tertiary/aromatic N) is 3. The fourth-order valence-electron chi connectivity index (χ4n) is 5.11. The van der Waals surface area contributed by atoms with Gasteiger partial charge in [0.2, 0.25) is 0 Å². The zero-order valence-electron chi connectivity index (χ0n) is 20.7. The number of pyridine rings is 1. The Balaban J connectivity index is 1.44. The lowest BCUT2D eigenvalue weighted by atomic mass is 10.00. The van der Waals surface area contributed by atoms with Crippen LogP contribution in [0, 0.1) is 10.1 Å². The number of anilines is 1. The van der Waals surface area contributed by atoms with Crippen LogP contribution in [0.3, 0.4) is 0 Å². The Bertz CT molecular complexity index is 1370. The molecule has 2 aliphatic heterocycles. The molecule has 11 heteroatoms. The van der Waals surface area contributed by atoms with Crippen LogP contribution in [0.25, 0.3) is 10.8 Å². The molecule has 2 N–H and O–H groups in total. The average Bonchev–Trinajstić information content (AvgIpc) is 2.94. The van der Waals surface area contributed by atoms with Gasteiger partial charge in [-0.25, -0.2) is 0 Å². The van der Waals surface area contributed by atoms with Gasteiger partial charge < -0.3 is 20.3 Å². The van der Waals surface area contributed by atoms with Gasteiger partial charge in [-0.3, -0.25) is 24.7 Å². The predicted octanol–water partition coefficient (Wildman–Crippen LogP) is 4.53. The van der Waals surface area contributed by atoms with Crippen LogP contribution in [0.1, 0.15) is 46.4 Å². The van der Waals surface area contributed by atoms with Gasteiger partial charge in [0.05, 0.1) is 34.7 Å². The van der Waals surface area contributed by atoms with E-state index in [0.29, 0.717) is 36.2 Å². The lowest BCUT2D eigenvalue weighted by Gasteiger charge is -2.34. The number of halogens is 1. The van der Waals surface area contributed by atoms with Crippen LogP contribution < -0.4 is 10.6 Å². The number of ether oxygens (including phenoxy) is 1. The smallest absolute Gasteiger partial charge is 0.294 e. The summed E-state index contributed by atoms with van der Waals surface area (Å²) in [5.74, 6) is -0.558. The van der Waals surface area contributed by atoms with E-state index in [1.54, 1.807) is 17.2 Å². The first-order chi connectivity index (χ1) is 18.4. The van der Waals surface area contributed by atoms with Crippen molar-refractivity contribution in [2.75, 3.05) is 31.6 Å². The highest BCUT2D eigenvalue weighted by molar-refractivity contribution is 9.10. The third kappa shape index (κ3) is 5.48. The molecule has 3 aromatic rings. The van der Waals surface area contributed by atoms with Crippen molar-refractivity contribution in [1.29, 1.82) is 0 Å². The minimum atomic E-state index is -0.491. The maximum Gasteiger partial charge on any atom is 0.294 e. The highest BCUT2D eigenvalue weighted by Gasteiger charge is 2.33. The Labute approximate surface area is 228 Å². The van der Waals surface area contributed by atoms with Crippen LogP contribution in [0.4, 0.5) is 11.4 Å². The summed E-state index contributed by atoms with van der Waals surface area (Å²) < 4.78 is 6.11. The highest BCUT2D eigenvalue weighted by atomic mass is 79.9. The molecule has 1 aromatic heterocycles. The first-order valence-corrected chi connectivity index (χ1v) is 13.5. The Morgan fingerprint density at radius 2 is 1.87 bits per heavy atom. The van der Waals surface area contributed by atoms with Crippen molar-refractivity contribution in [3.05, 3.63) is 74.5 Å². The number of nitro groups is 1. The Hall–Kier alpha value is -3.57. The molecule has 5 rings (SSSR count). The van der Waals surface area contributed by atoms with Crippen molar-refractivity contribution < 1.29 is 19.2 Å². The molecule has 10 nitrogen and oxygen atoms in total. The van der Waals surface area contributed by atoms with Gasteiger partial charge in [-0.1, -0.05) is 40.2 Å². The second-order valence-electron chi connectivity index (χ2n) is 9.56. The number of amides is 2. The molecule has 0 unspecified atom stereocenters. The molecule has 0 bridgehead atoms. The van der Waals surface area contributed by atoms with Crippen molar-refractivity contribution in [3.8, 4) is 0 Å². The third-order valence-electron chi connectivity index (χ3n) is 7.07. The maximum atomic E-state index is 13.5. The summed E-state index contributed by atoms with van der Waals surface area (Å²) in [7, 11) is 0. The number of piperidine rings is 1. The SMILES string of the molecule is O=C(N[C@H]1COCC[C@H]1Nc1c(C(=O)N2CCCCC2)cc(Br)cc1[N+](=O)[O-])c1cncc2ccccc12. The molecule has 0 radical (unpaired) electrons. The van der Waals surface area contributed by atoms with Gasteiger partial charge in [0.15, 0.2) is 0 Å². The summed E-state index contributed by atoms with van der Waals surface area (Å²) in [6.45, 7) is 1.88. The van der Waals surface area contributed by atoms with E-state index in [1.165, 1.54) is 12.3 Å². The topological polar surface area (TPSA) is 127 Å². The Kier molecular flexibility index (Phi) is 7.85. The molecule has 198 valence electrons. The van der Waals surface area contributed by atoms with Crippen LogP contribution >= 0.6 is 15.9 Å². The van der Waals surface area contributed by atoms with E-state index in [2.05, 4.69) is 31.5 Å². The van der Waals surface area contributed by atoms with E-state index in [0.717, 1.165) is 30.0 Å². The van der Waals surface area contributed by atoms with Crippen molar-refractivity contribution >= 4 is 49.9 Å². The number of hydrogen-bond donors (Lipinski definition) is 2. The Morgan fingerprint density at radius 1 is 1.08 bits per heavy atom. The molecular weight excluding hydrogens is 554 g/mol. The summed E-state index contributed by atoms with van der Waals surface area (Å²) in [6.07, 6.45) is 6.59. The van der Waals surface area contributed by atoms with Crippen LogP contribution in [-0.2, 0) is 4.74 Å². The summed E-state index contributed by atoms with van der Waals surface area (Å²) in [5, 5.41) is 20.0. The quantitative estimate of drug-likeness (QED) is 0.323. The fraction of sp³-hybridized carbons (Fsp3) is 0.370. The summed E-state index contributed by atoms with van der Waals surface area (Å²) in [5.41, 5.74) is 0.632. The largest absolute Gasteiger partial charge is 0.379 e. The molecule has 38 heavy (non-hydrogen) atoms. The molecule has 0 spiro atoms. The van der Waals surface area contributed by atoms with E-state index >= 15 is 0 Å². The number of fused-ring (bicyclic) bond motifs is 1. The molecule has 2 aromatic carbocycles. The van der Waals surface area contributed by atoms with E-state index in [-0.39, 0.29) is 35.4 Å². The first kappa shape index (κ1) is 26.1. The van der Waals surface area contributed by atoms with Crippen LogP contribution in [-0.4, -0.2) is 65.0 Å². The number of rotatable bonds is 6. The molecule has 3 heterocycles. The van der Waals surface area contributed by atoms with Crippen molar-refractivity contribution in [3.63, 3.8) is 0 Å². The van der Waals surface area contributed by atoms with Gasteiger partial charge in [0, 0.05) is 48.0 Å². The number of benzene rings is 2. The van der Waals surface area contributed by atoms with Crippen molar-refractivity contribution in [2.24, 2.45) is 0 Å². The second kappa shape index (κ2) is 11.4. The maximum absolute atomic E-state index is 13.5. The number of nitrogens with one attached hydrogen (secondary N) is 2. The Morgan fingerprint density at radius 3 is 2.66 bits per heavy atom. The molecule has 2 amide bonds. The fourth-order valence-corrected chi connectivity index (χ4v) is 5.55. The van der Waals surface area contributed by atoms with E-state index in [4.69, 9.17) is 4.74 Å². The average molecular weight is 582 g/mol. The predicted molar refractivity (Wildman–Crippen MR) is 146 cm³/mol. The van der Waals surface area contributed by atoms with Crippen LogP contribution in [0.5, 0.6) is 0 Å². The lowest BCUT2D eigenvalue weighted by Crippen LogP contribution is -2.52. The van der Waals surface area contributed by atoms with Gasteiger partial charge in [-0.2, -0.15) is 0 Å². The third-order valence-corrected chi connectivity index (χ3v) is 7.53. The van der Waals surface area contributed by atoms with Crippen molar-refractivity contribution in [1.82, 2.24) is 15.2 Å². The molecular formula is C27H28BrN5O5. The molecule has 2 fully saturated rings. The summed E-state index contributed by atoms with van der Waals surface area (Å²) >= 11 is 3.34. The van der Waals surface area contributed by atoms with Gasteiger partial charge in [0.25, 0.3) is 17.5 Å². The number of nitro benzene ring substituents is 1. The number of aromatic nitrogens is 1. The minimum absolute atomic E-state index is 0.159.